The summed E-state index contributed by atoms with van der Waals surface area (Å²) in [7, 11) is -0.361. The molecule has 0 N–H and O–H groups in total. The molecule has 1 aromatic rings. The van der Waals surface area contributed by atoms with Crippen LogP contribution in [0.3, 0.4) is 0 Å². The van der Waals surface area contributed by atoms with Gasteiger partial charge in [0.05, 0.1) is 24.4 Å². The van der Waals surface area contributed by atoms with Crippen LogP contribution >= 0.6 is 0 Å². The molecular weight excluding hydrogens is 317 g/mol. The van der Waals surface area contributed by atoms with Crippen LogP contribution in [0.5, 0.6) is 0 Å². The maximum atomic E-state index is 12.4. The zero-order valence-corrected chi connectivity index (χ0v) is 15.5. The second kappa shape index (κ2) is 6.94. The van der Waals surface area contributed by atoms with Gasteiger partial charge in [-0.25, -0.2) is 0 Å². The molecular formula is C19H26BNO4. The Bertz CT molecular complexity index is 632. The van der Waals surface area contributed by atoms with Crippen molar-refractivity contribution < 1.29 is 18.8 Å². The van der Waals surface area contributed by atoms with Crippen LogP contribution in [0.25, 0.3) is 6.08 Å². The van der Waals surface area contributed by atoms with Crippen LogP contribution in [0.4, 0.5) is 0 Å². The van der Waals surface area contributed by atoms with E-state index in [-0.39, 0.29) is 24.2 Å². The Hall–Kier alpha value is -1.63. The highest BCUT2D eigenvalue weighted by molar-refractivity contribution is 6.52. The number of carbonyl (C=O) groups excluding carboxylic acids is 1. The Morgan fingerprint density at radius 2 is 1.60 bits per heavy atom. The van der Waals surface area contributed by atoms with Crippen molar-refractivity contribution in [3.8, 4) is 0 Å². The molecule has 6 heteroatoms. The summed E-state index contributed by atoms with van der Waals surface area (Å²) >= 11 is 0. The van der Waals surface area contributed by atoms with Gasteiger partial charge in [0.15, 0.2) is 0 Å². The Morgan fingerprint density at radius 1 is 1.04 bits per heavy atom. The molecule has 2 aliphatic rings. The summed E-state index contributed by atoms with van der Waals surface area (Å²) in [6, 6.07) is 7.61. The maximum absolute atomic E-state index is 12.4. The van der Waals surface area contributed by atoms with Crippen molar-refractivity contribution >= 4 is 19.1 Å². The van der Waals surface area contributed by atoms with E-state index >= 15 is 0 Å². The number of ether oxygens (including phenoxy) is 1. The molecule has 0 aliphatic carbocycles. The number of rotatable bonds is 3. The average molecular weight is 343 g/mol. The summed E-state index contributed by atoms with van der Waals surface area (Å²) in [6.07, 6.45) is 1.96. The standard InChI is InChI=1S/C19H26BNO4/c1-18(2)19(3,4)25-20(24-18)10-9-15-5-7-16(8-6-15)17(22)21-11-13-23-14-12-21/h5-10H,11-14H2,1-4H3. The predicted molar refractivity (Wildman–Crippen MR) is 98.3 cm³/mol. The van der Waals surface area contributed by atoms with E-state index < -0.39 is 0 Å². The predicted octanol–water partition coefficient (Wildman–Crippen LogP) is 2.80. The van der Waals surface area contributed by atoms with Crippen LogP contribution in [0, 0.1) is 0 Å². The molecule has 0 unspecified atom stereocenters. The fourth-order valence-electron chi connectivity index (χ4n) is 2.84. The summed E-state index contributed by atoms with van der Waals surface area (Å²) in [5.74, 6) is 1.97. The molecule has 25 heavy (non-hydrogen) atoms. The van der Waals surface area contributed by atoms with Gasteiger partial charge in [0.2, 0.25) is 0 Å². The highest BCUT2D eigenvalue weighted by Crippen LogP contribution is 2.37. The minimum Gasteiger partial charge on any atom is -0.400 e. The Balaban J connectivity index is 1.62. The smallest absolute Gasteiger partial charge is 0.400 e. The molecule has 5 nitrogen and oxygen atoms in total. The van der Waals surface area contributed by atoms with Gasteiger partial charge in [-0.05, 0) is 45.4 Å². The lowest BCUT2D eigenvalue weighted by molar-refractivity contribution is 0.00578. The van der Waals surface area contributed by atoms with Crippen molar-refractivity contribution in [2.45, 2.75) is 38.9 Å². The molecule has 2 heterocycles. The summed E-state index contributed by atoms with van der Waals surface area (Å²) in [6.45, 7) is 10.7. The number of benzene rings is 1. The molecule has 1 amide bonds. The summed E-state index contributed by atoms with van der Waals surface area (Å²) in [5, 5.41) is 0. The molecule has 0 aromatic heterocycles. The largest absolute Gasteiger partial charge is 0.487 e. The molecule has 0 bridgehead atoms. The second-order valence-electron chi connectivity index (χ2n) is 7.51. The molecule has 0 radical (unpaired) electrons. The molecule has 3 rings (SSSR count). The van der Waals surface area contributed by atoms with Crippen molar-refractivity contribution in [1.29, 1.82) is 0 Å². The van der Waals surface area contributed by atoms with E-state index in [0.29, 0.717) is 31.9 Å². The first-order valence-electron chi connectivity index (χ1n) is 8.79. The van der Waals surface area contributed by atoms with Crippen LogP contribution in [-0.2, 0) is 14.0 Å². The maximum Gasteiger partial charge on any atom is 0.487 e. The van der Waals surface area contributed by atoms with E-state index in [1.165, 1.54) is 0 Å². The Kier molecular flexibility index (Phi) is 5.05. The normalized spacial score (nSPS) is 22.6. The van der Waals surface area contributed by atoms with E-state index in [1.807, 2.05) is 68.9 Å². The third-order valence-corrected chi connectivity index (χ3v) is 5.17. The van der Waals surface area contributed by atoms with E-state index in [1.54, 1.807) is 0 Å². The quantitative estimate of drug-likeness (QED) is 0.792. The molecule has 134 valence electrons. The van der Waals surface area contributed by atoms with Crippen LogP contribution in [0.1, 0.15) is 43.6 Å². The summed E-state index contributed by atoms with van der Waals surface area (Å²) in [4.78, 5) is 14.3. The third kappa shape index (κ3) is 3.97. The lowest BCUT2D eigenvalue weighted by Gasteiger charge is -2.32. The number of amides is 1. The van der Waals surface area contributed by atoms with Gasteiger partial charge in [-0.1, -0.05) is 24.2 Å². The fourth-order valence-corrected chi connectivity index (χ4v) is 2.84. The molecule has 2 aliphatic heterocycles. The first kappa shape index (κ1) is 18.2. The average Bonchev–Trinajstić information content (AvgIpc) is 2.81. The Labute approximate surface area is 150 Å². The molecule has 0 spiro atoms. The number of morpholine rings is 1. The van der Waals surface area contributed by atoms with Crippen molar-refractivity contribution in [3.63, 3.8) is 0 Å². The molecule has 1 aromatic carbocycles. The minimum absolute atomic E-state index is 0.0600. The first-order valence-corrected chi connectivity index (χ1v) is 8.79. The number of nitrogens with zero attached hydrogens (tertiary/aromatic N) is 1. The van der Waals surface area contributed by atoms with Gasteiger partial charge in [0, 0.05) is 18.7 Å². The lowest BCUT2D eigenvalue weighted by atomic mass is 9.89. The van der Waals surface area contributed by atoms with Gasteiger partial charge in [-0.15, -0.1) is 0 Å². The fraction of sp³-hybridized carbons (Fsp3) is 0.526. The number of hydrogen-bond acceptors (Lipinski definition) is 4. The van der Waals surface area contributed by atoms with Crippen molar-refractivity contribution in [2.24, 2.45) is 0 Å². The summed E-state index contributed by atoms with van der Waals surface area (Å²) < 4.78 is 17.2. The van der Waals surface area contributed by atoms with Gasteiger partial charge in [0.1, 0.15) is 0 Å². The molecule has 2 fully saturated rings. The highest BCUT2D eigenvalue weighted by atomic mass is 16.7. The van der Waals surface area contributed by atoms with Gasteiger partial charge >= 0.3 is 7.12 Å². The first-order chi connectivity index (χ1) is 11.8. The number of hydrogen-bond donors (Lipinski definition) is 0. The second-order valence-corrected chi connectivity index (χ2v) is 7.51. The van der Waals surface area contributed by atoms with Gasteiger partial charge < -0.3 is 18.9 Å². The highest BCUT2D eigenvalue weighted by Gasteiger charge is 2.49. The topological polar surface area (TPSA) is 48.0 Å². The molecule has 0 saturated carbocycles. The lowest BCUT2D eigenvalue weighted by Crippen LogP contribution is -2.41. The minimum atomic E-state index is -0.361. The van der Waals surface area contributed by atoms with E-state index in [4.69, 9.17) is 14.0 Å². The van der Waals surface area contributed by atoms with Gasteiger partial charge in [-0.3, -0.25) is 4.79 Å². The van der Waals surface area contributed by atoms with Crippen molar-refractivity contribution in [3.05, 3.63) is 41.4 Å². The van der Waals surface area contributed by atoms with Crippen LogP contribution < -0.4 is 0 Å². The van der Waals surface area contributed by atoms with E-state index in [9.17, 15) is 4.79 Å². The van der Waals surface area contributed by atoms with E-state index in [0.717, 1.165) is 5.56 Å². The monoisotopic (exact) mass is 343 g/mol. The van der Waals surface area contributed by atoms with Crippen molar-refractivity contribution in [2.75, 3.05) is 26.3 Å². The summed E-state index contributed by atoms with van der Waals surface area (Å²) in [5.41, 5.74) is 1.04. The zero-order chi connectivity index (χ0) is 18.1. The van der Waals surface area contributed by atoms with Gasteiger partial charge in [-0.2, -0.15) is 0 Å². The number of carbonyl (C=O) groups is 1. The third-order valence-electron chi connectivity index (χ3n) is 5.17. The molecule has 2 saturated heterocycles. The SMILES string of the molecule is CC1(C)OB(C=Cc2ccc(C(=O)N3CCOCC3)cc2)OC1(C)C. The van der Waals surface area contributed by atoms with Crippen LogP contribution in [0.15, 0.2) is 30.2 Å². The van der Waals surface area contributed by atoms with E-state index in [2.05, 4.69) is 0 Å². The molecule has 0 atom stereocenters. The van der Waals surface area contributed by atoms with Gasteiger partial charge in [0.25, 0.3) is 5.91 Å². The zero-order valence-electron chi connectivity index (χ0n) is 15.5. The van der Waals surface area contributed by atoms with Crippen LogP contribution in [0.2, 0.25) is 0 Å². The van der Waals surface area contributed by atoms with Crippen LogP contribution in [-0.4, -0.2) is 55.4 Å². The van der Waals surface area contributed by atoms with Crippen molar-refractivity contribution in [1.82, 2.24) is 4.90 Å². The Morgan fingerprint density at radius 3 is 2.16 bits per heavy atom.